The highest BCUT2D eigenvalue weighted by atomic mass is 32.2. The number of aliphatic hydroxyl groups excluding tert-OH is 1. The molecule has 2 bridgehead atoms. The Hall–Kier alpha value is -2.06. The summed E-state index contributed by atoms with van der Waals surface area (Å²) in [6, 6.07) is 9.25. The van der Waals surface area contributed by atoms with Crippen LogP contribution in [0.3, 0.4) is 0 Å². The first kappa shape index (κ1) is 27.0. The van der Waals surface area contributed by atoms with E-state index < -0.39 is 22.6 Å². The number of rotatable bonds is 13. The maximum atomic E-state index is 14.0. The fourth-order valence-corrected chi connectivity index (χ4v) is 8.94. The van der Waals surface area contributed by atoms with Gasteiger partial charge in [0.05, 0.1) is 16.6 Å². The number of hydrogen-bond donors (Lipinski definition) is 3. The zero-order valence-electron chi connectivity index (χ0n) is 21.6. The molecule has 0 saturated carbocycles. The summed E-state index contributed by atoms with van der Waals surface area (Å²) in [4.78, 5) is 42.9. The summed E-state index contributed by atoms with van der Waals surface area (Å²) in [5.74, 6) is -0.916. The average molecular weight is 516 g/mol. The van der Waals surface area contributed by atoms with Gasteiger partial charge in [0.1, 0.15) is 6.04 Å². The molecule has 1 aromatic rings. The Morgan fingerprint density at radius 3 is 2.58 bits per heavy atom. The van der Waals surface area contributed by atoms with Crippen LogP contribution in [0.15, 0.2) is 30.3 Å². The lowest BCUT2D eigenvalue weighted by atomic mass is 9.66. The first-order chi connectivity index (χ1) is 17.5. The number of carbonyl (C=O) groups excluding carboxylic acids is 3. The topological polar surface area (TPSA) is 98.7 Å². The molecule has 36 heavy (non-hydrogen) atoms. The number of thioether (sulfide) groups is 1. The van der Waals surface area contributed by atoms with E-state index in [4.69, 9.17) is 0 Å². The van der Waals surface area contributed by atoms with Gasteiger partial charge in [-0.15, -0.1) is 11.8 Å². The third-order valence-electron chi connectivity index (χ3n) is 8.24. The van der Waals surface area contributed by atoms with E-state index in [2.05, 4.69) is 24.5 Å². The first-order valence-corrected chi connectivity index (χ1v) is 14.5. The van der Waals surface area contributed by atoms with Crippen molar-refractivity contribution in [3.63, 3.8) is 0 Å². The predicted molar refractivity (Wildman–Crippen MR) is 142 cm³/mol. The molecule has 3 saturated heterocycles. The van der Waals surface area contributed by atoms with Crippen LogP contribution in [0, 0.1) is 17.8 Å². The van der Waals surface area contributed by atoms with Crippen molar-refractivity contribution in [3.05, 3.63) is 35.9 Å². The number of likely N-dealkylation sites (tertiary alicyclic amines) is 1. The monoisotopic (exact) mass is 515 g/mol. The maximum absolute atomic E-state index is 14.0. The molecule has 3 N–H and O–H groups in total. The minimum absolute atomic E-state index is 0.0471. The molecule has 0 radical (unpaired) electrons. The zero-order valence-corrected chi connectivity index (χ0v) is 22.4. The molecule has 3 amide bonds. The molecule has 3 unspecified atom stereocenters. The van der Waals surface area contributed by atoms with Crippen LogP contribution < -0.4 is 10.6 Å². The molecule has 1 spiro atoms. The highest BCUT2D eigenvalue weighted by Gasteiger charge is 2.75. The van der Waals surface area contributed by atoms with E-state index >= 15 is 0 Å². The van der Waals surface area contributed by atoms with Crippen LogP contribution in [0.4, 0.5) is 0 Å². The predicted octanol–water partition coefficient (Wildman–Crippen LogP) is 3.11. The molecule has 7 nitrogen and oxygen atoms in total. The van der Waals surface area contributed by atoms with Gasteiger partial charge in [-0.05, 0) is 43.6 Å². The summed E-state index contributed by atoms with van der Waals surface area (Å²) in [6.07, 6.45) is 6.12. The Morgan fingerprint density at radius 1 is 1.08 bits per heavy atom. The Balaban J connectivity index is 1.56. The highest BCUT2D eigenvalue weighted by Crippen LogP contribution is 2.68. The van der Waals surface area contributed by atoms with Gasteiger partial charge < -0.3 is 20.6 Å². The van der Waals surface area contributed by atoms with Crippen molar-refractivity contribution in [1.82, 2.24) is 15.5 Å². The fraction of sp³-hybridized carbons (Fsp3) is 0.679. The van der Waals surface area contributed by atoms with E-state index in [1.165, 1.54) is 0 Å². The Labute approximate surface area is 219 Å². The Bertz CT molecular complexity index is 929. The quantitative estimate of drug-likeness (QED) is 0.351. The van der Waals surface area contributed by atoms with Crippen LogP contribution in [0.2, 0.25) is 0 Å². The van der Waals surface area contributed by atoms with Gasteiger partial charge in [0, 0.05) is 31.5 Å². The molecule has 3 aliphatic heterocycles. The third-order valence-corrected chi connectivity index (χ3v) is 10.3. The molecule has 198 valence electrons. The summed E-state index contributed by atoms with van der Waals surface area (Å²) in [7, 11) is 0. The van der Waals surface area contributed by atoms with E-state index in [1.807, 2.05) is 30.3 Å². The molecule has 3 heterocycles. The van der Waals surface area contributed by atoms with E-state index in [1.54, 1.807) is 16.7 Å². The first-order valence-electron chi connectivity index (χ1n) is 13.6. The molecule has 0 aliphatic carbocycles. The van der Waals surface area contributed by atoms with Crippen molar-refractivity contribution >= 4 is 29.5 Å². The Kier molecular flexibility index (Phi) is 8.99. The lowest BCUT2D eigenvalue weighted by Crippen LogP contribution is -2.56. The SMILES string of the molecule is CCCCCNC(=O)C1N(CCCCCO)C(=O)[C@@H]2[C@@H](C(=O)NCc3ccccc3)[C@H]3CC(C)C12S3. The molecule has 1 aromatic carbocycles. The molecule has 4 rings (SSSR count). The second kappa shape index (κ2) is 12.0. The van der Waals surface area contributed by atoms with E-state index in [0.29, 0.717) is 26.1 Å². The fourth-order valence-electron chi connectivity index (χ4n) is 6.52. The minimum Gasteiger partial charge on any atom is -0.396 e. The van der Waals surface area contributed by atoms with Gasteiger partial charge in [0.15, 0.2) is 0 Å². The minimum atomic E-state index is -0.567. The van der Waals surface area contributed by atoms with Crippen molar-refractivity contribution in [2.24, 2.45) is 17.8 Å². The number of fused-ring (bicyclic) bond motifs is 1. The lowest BCUT2D eigenvalue weighted by molar-refractivity contribution is -0.140. The van der Waals surface area contributed by atoms with E-state index in [0.717, 1.165) is 44.1 Å². The number of benzene rings is 1. The van der Waals surface area contributed by atoms with Crippen molar-refractivity contribution in [2.75, 3.05) is 19.7 Å². The standard InChI is InChI=1S/C28H41N3O4S/c1-3-4-9-14-29-26(34)24-28-19(2)17-21(36-28)22(25(33)30-18-20-12-7-5-8-13-20)23(28)27(35)31(24)15-10-6-11-16-32/h5,7-8,12-13,19,21-24,32H,3-4,6,9-11,14-18H2,1-2H3,(H,29,34)(H,30,33)/t19?,21-,22+,23+,24?,28?/m1/s1. The van der Waals surface area contributed by atoms with Crippen LogP contribution in [-0.4, -0.2) is 63.5 Å². The molecular weight excluding hydrogens is 474 g/mol. The Morgan fingerprint density at radius 2 is 1.86 bits per heavy atom. The third kappa shape index (κ3) is 5.03. The number of nitrogens with zero attached hydrogens (tertiary/aromatic N) is 1. The van der Waals surface area contributed by atoms with Crippen molar-refractivity contribution in [1.29, 1.82) is 0 Å². The number of hydrogen-bond acceptors (Lipinski definition) is 5. The van der Waals surface area contributed by atoms with Crippen LogP contribution in [0.25, 0.3) is 0 Å². The number of unbranched alkanes of at least 4 members (excludes halogenated alkanes) is 4. The van der Waals surface area contributed by atoms with Crippen LogP contribution in [-0.2, 0) is 20.9 Å². The normalized spacial score (nSPS) is 30.5. The van der Waals surface area contributed by atoms with Crippen molar-refractivity contribution in [2.45, 2.75) is 81.4 Å². The largest absolute Gasteiger partial charge is 0.396 e. The van der Waals surface area contributed by atoms with Crippen LogP contribution >= 0.6 is 11.8 Å². The molecule has 6 atom stereocenters. The smallest absolute Gasteiger partial charge is 0.244 e. The molecule has 0 aromatic heterocycles. The maximum Gasteiger partial charge on any atom is 0.244 e. The summed E-state index contributed by atoms with van der Waals surface area (Å²) in [6.45, 7) is 5.94. The summed E-state index contributed by atoms with van der Waals surface area (Å²) < 4.78 is -0.567. The van der Waals surface area contributed by atoms with Gasteiger partial charge in [0.2, 0.25) is 17.7 Å². The summed E-state index contributed by atoms with van der Waals surface area (Å²) in [5.41, 5.74) is 1.03. The molecular formula is C28H41N3O4S. The molecule has 8 heteroatoms. The van der Waals surface area contributed by atoms with Gasteiger partial charge in [-0.2, -0.15) is 0 Å². The van der Waals surface area contributed by atoms with Crippen molar-refractivity contribution < 1.29 is 19.5 Å². The second-order valence-electron chi connectivity index (χ2n) is 10.6. The highest BCUT2D eigenvalue weighted by molar-refractivity contribution is 8.02. The lowest BCUT2D eigenvalue weighted by Gasteiger charge is -2.38. The van der Waals surface area contributed by atoms with E-state index in [-0.39, 0.29) is 35.5 Å². The zero-order chi connectivity index (χ0) is 25.7. The van der Waals surface area contributed by atoms with E-state index in [9.17, 15) is 19.5 Å². The molecule has 3 aliphatic rings. The second-order valence-corrected chi connectivity index (χ2v) is 12.1. The summed E-state index contributed by atoms with van der Waals surface area (Å²) >= 11 is 1.72. The van der Waals surface area contributed by atoms with Crippen molar-refractivity contribution in [3.8, 4) is 0 Å². The summed E-state index contributed by atoms with van der Waals surface area (Å²) in [5, 5.41) is 15.4. The van der Waals surface area contributed by atoms with Gasteiger partial charge in [-0.1, -0.05) is 57.0 Å². The van der Waals surface area contributed by atoms with Crippen LogP contribution in [0.1, 0.15) is 64.4 Å². The molecule has 3 fully saturated rings. The van der Waals surface area contributed by atoms with Gasteiger partial charge in [-0.3, -0.25) is 14.4 Å². The number of amides is 3. The average Bonchev–Trinajstić information content (AvgIpc) is 3.47. The number of aliphatic hydroxyl groups is 1. The van der Waals surface area contributed by atoms with Crippen LogP contribution in [0.5, 0.6) is 0 Å². The van der Waals surface area contributed by atoms with Gasteiger partial charge in [0.25, 0.3) is 0 Å². The number of nitrogens with one attached hydrogen (secondary N) is 2. The number of carbonyl (C=O) groups is 3. The van der Waals surface area contributed by atoms with Gasteiger partial charge in [-0.25, -0.2) is 0 Å². The van der Waals surface area contributed by atoms with Gasteiger partial charge >= 0.3 is 0 Å².